The van der Waals surface area contributed by atoms with Crippen molar-refractivity contribution < 1.29 is 22.8 Å². The van der Waals surface area contributed by atoms with Crippen LogP contribution in [0.1, 0.15) is 34.8 Å². The number of nitrogens with two attached hydrogens (primary N) is 1. The molecule has 0 saturated heterocycles. The smallest absolute Gasteiger partial charge is 0.326 e. The van der Waals surface area contributed by atoms with E-state index in [4.69, 9.17) is 5.73 Å². The topological polar surface area (TPSA) is 84.2 Å². The molecular formula is C20H21ClF3N3O2. The Kier molecular flexibility index (Phi) is 6.92. The molecule has 1 fully saturated rings. The summed E-state index contributed by atoms with van der Waals surface area (Å²) < 4.78 is 39.1. The van der Waals surface area contributed by atoms with Crippen LogP contribution in [0.5, 0.6) is 0 Å². The van der Waals surface area contributed by atoms with E-state index in [1.54, 1.807) is 12.1 Å². The summed E-state index contributed by atoms with van der Waals surface area (Å²) in [5, 5.41) is 5.22. The average Bonchev–Trinajstić information content (AvgIpc) is 3.37. The summed E-state index contributed by atoms with van der Waals surface area (Å²) in [6.07, 6.45) is -3.71. The lowest BCUT2D eigenvalue weighted by atomic mass is 10.1. The van der Waals surface area contributed by atoms with Crippen LogP contribution in [0, 0.1) is 11.8 Å². The van der Waals surface area contributed by atoms with Gasteiger partial charge in [0.05, 0.1) is 5.56 Å². The van der Waals surface area contributed by atoms with Gasteiger partial charge in [0, 0.05) is 29.4 Å². The molecule has 0 spiro atoms. The van der Waals surface area contributed by atoms with Gasteiger partial charge in [-0.05, 0) is 54.3 Å². The molecule has 1 aliphatic rings. The second kappa shape index (κ2) is 8.84. The Morgan fingerprint density at radius 3 is 2.38 bits per heavy atom. The highest BCUT2D eigenvalue weighted by atomic mass is 35.5. The molecule has 2 aromatic rings. The van der Waals surface area contributed by atoms with Gasteiger partial charge >= 0.3 is 6.18 Å². The van der Waals surface area contributed by atoms with Crippen LogP contribution in [0.15, 0.2) is 42.5 Å². The molecule has 156 valence electrons. The van der Waals surface area contributed by atoms with E-state index >= 15 is 0 Å². The van der Waals surface area contributed by atoms with E-state index in [0.717, 1.165) is 18.6 Å². The summed E-state index contributed by atoms with van der Waals surface area (Å²) in [6.45, 7) is 1.90. The third-order valence-electron chi connectivity index (χ3n) is 4.65. The zero-order valence-corrected chi connectivity index (χ0v) is 16.4. The lowest BCUT2D eigenvalue weighted by molar-refractivity contribution is -0.137. The van der Waals surface area contributed by atoms with E-state index in [2.05, 4.69) is 10.6 Å². The normalized spacial score (nSPS) is 17.8. The maximum absolute atomic E-state index is 13.0. The van der Waals surface area contributed by atoms with Gasteiger partial charge in [0.15, 0.2) is 0 Å². The van der Waals surface area contributed by atoms with Crippen molar-refractivity contribution in [2.45, 2.75) is 26.1 Å². The number of hydrogen-bond donors (Lipinski definition) is 3. The lowest BCUT2D eigenvalue weighted by Gasteiger charge is -2.13. The van der Waals surface area contributed by atoms with E-state index in [0.29, 0.717) is 11.6 Å². The molecular weight excluding hydrogens is 407 g/mol. The molecule has 9 heteroatoms. The third-order valence-corrected chi connectivity index (χ3v) is 4.65. The van der Waals surface area contributed by atoms with E-state index < -0.39 is 17.6 Å². The molecule has 0 aromatic heterocycles. The molecule has 2 unspecified atom stereocenters. The molecule has 1 saturated carbocycles. The monoisotopic (exact) mass is 427 g/mol. The van der Waals surface area contributed by atoms with Crippen molar-refractivity contribution in [1.29, 1.82) is 0 Å². The Hall–Kier alpha value is -2.58. The molecule has 0 aliphatic heterocycles. The van der Waals surface area contributed by atoms with Gasteiger partial charge in [-0.2, -0.15) is 13.2 Å². The first-order valence-corrected chi connectivity index (χ1v) is 8.81. The van der Waals surface area contributed by atoms with Gasteiger partial charge in [-0.25, -0.2) is 0 Å². The van der Waals surface area contributed by atoms with Gasteiger partial charge in [-0.3, -0.25) is 9.59 Å². The maximum Gasteiger partial charge on any atom is 0.416 e. The van der Waals surface area contributed by atoms with Crippen LogP contribution in [-0.4, -0.2) is 11.8 Å². The number of halogens is 4. The Morgan fingerprint density at radius 2 is 1.79 bits per heavy atom. The molecule has 1 aliphatic carbocycles. The Morgan fingerprint density at radius 1 is 1.10 bits per heavy atom. The van der Waals surface area contributed by atoms with Crippen LogP contribution in [-0.2, 0) is 17.5 Å². The quantitative estimate of drug-likeness (QED) is 0.659. The van der Waals surface area contributed by atoms with E-state index in [1.165, 1.54) is 18.2 Å². The zero-order valence-electron chi connectivity index (χ0n) is 15.5. The molecule has 2 aromatic carbocycles. The predicted molar refractivity (Wildman–Crippen MR) is 107 cm³/mol. The van der Waals surface area contributed by atoms with Gasteiger partial charge in [0.1, 0.15) is 0 Å². The predicted octanol–water partition coefficient (Wildman–Crippen LogP) is 4.43. The minimum Gasteiger partial charge on any atom is -0.326 e. The van der Waals surface area contributed by atoms with Gasteiger partial charge < -0.3 is 16.4 Å². The Bertz CT molecular complexity index is 918. The summed E-state index contributed by atoms with van der Waals surface area (Å²) in [6, 6.07) is 9.45. The number of carbonyl (C=O) groups is 2. The van der Waals surface area contributed by atoms with Crippen molar-refractivity contribution in [3.63, 3.8) is 0 Å². The van der Waals surface area contributed by atoms with Crippen molar-refractivity contribution in [2.24, 2.45) is 17.6 Å². The molecule has 2 amide bonds. The number of nitrogens with one attached hydrogen (secondary N) is 2. The summed E-state index contributed by atoms with van der Waals surface area (Å²) in [5.74, 6) is -0.352. The molecule has 29 heavy (non-hydrogen) atoms. The van der Waals surface area contributed by atoms with Gasteiger partial charge in [0.2, 0.25) is 5.91 Å². The first-order valence-electron chi connectivity index (χ1n) is 8.81. The molecule has 3 rings (SSSR count). The number of hydrogen-bond acceptors (Lipinski definition) is 3. The van der Waals surface area contributed by atoms with Crippen LogP contribution < -0.4 is 16.4 Å². The van der Waals surface area contributed by atoms with Crippen LogP contribution in [0.2, 0.25) is 0 Å². The molecule has 2 atom stereocenters. The highest BCUT2D eigenvalue weighted by Crippen LogP contribution is 2.38. The number of amides is 2. The minimum atomic E-state index is -4.55. The lowest BCUT2D eigenvalue weighted by Crippen LogP contribution is -2.16. The van der Waals surface area contributed by atoms with Crippen molar-refractivity contribution in [3.05, 3.63) is 59.2 Å². The van der Waals surface area contributed by atoms with E-state index in [-0.39, 0.29) is 47.6 Å². The van der Waals surface area contributed by atoms with E-state index in [1.807, 2.05) is 6.92 Å². The number of rotatable bonds is 5. The van der Waals surface area contributed by atoms with Crippen molar-refractivity contribution >= 4 is 35.6 Å². The number of carbonyl (C=O) groups excluding carboxylic acids is 2. The van der Waals surface area contributed by atoms with Gasteiger partial charge in [-0.1, -0.05) is 13.0 Å². The summed E-state index contributed by atoms with van der Waals surface area (Å²) in [4.78, 5) is 24.5. The van der Waals surface area contributed by atoms with Gasteiger partial charge in [0.25, 0.3) is 5.91 Å². The molecule has 5 nitrogen and oxygen atoms in total. The number of benzene rings is 2. The summed E-state index contributed by atoms with van der Waals surface area (Å²) >= 11 is 0. The average molecular weight is 428 g/mol. The maximum atomic E-state index is 13.0. The molecule has 0 heterocycles. The van der Waals surface area contributed by atoms with Gasteiger partial charge in [-0.15, -0.1) is 12.4 Å². The fraction of sp³-hybridized carbons (Fsp3) is 0.300. The van der Waals surface area contributed by atoms with Crippen molar-refractivity contribution in [3.8, 4) is 0 Å². The first-order chi connectivity index (χ1) is 13.2. The first kappa shape index (κ1) is 22.7. The summed E-state index contributed by atoms with van der Waals surface area (Å²) in [7, 11) is 0. The summed E-state index contributed by atoms with van der Waals surface area (Å²) in [5.41, 5.74) is 5.51. The second-order valence-electron chi connectivity index (χ2n) is 6.96. The van der Waals surface area contributed by atoms with Crippen molar-refractivity contribution in [2.75, 3.05) is 10.6 Å². The molecule has 4 N–H and O–H groups in total. The highest BCUT2D eigenvalue weighted by Gasteiger charge is 2.39. The van der Waals surface area contributed by atoms with Crippen LogP contribution in [0.4, 0.5) is 24.5 Å². The fourth-order valence-electron chi connectivity index (χ4n) is 2.91. The largest absolute Gasteiger partial charge is 0.416 e. The Balaban J connectivity index is 0.00000300. The van der Waals surface area contributed by atoms with Crippen LogP contribution in [0.25, 0.3) is 0 Å². The molecule has 0 bridgehead atoms. The van der Waals surface area contributed by atoms with Crippen LogP contribution in [0.3, 0.4) is 0 Å². The fourth-order valence-corrected chi connectivity index (χ4v) is 2.91. The van der Waals surface area contributed by atoms with E-state index in [9.17, 15) is 22.8 Å². The van der Waals surface area contributed by atoms with Crippen LogP contribution >= 0.6 is 12.4 Å². The SMILES string of the molecule is CC1CC1C(=O)Nc1cccc(C(=O)Nc2cc(CN)cc(C(F)(F)F)c2)c1.Cl. The minimum absolute atomic E-state index is 0. The Labute approximate surface area is 172 Å². The number of alkyl halides is 3. The second-order valence-corrected chi connectivity index (χ2v) is 6.96. The standard InChI is InChI=1S/C20H20F3N3O2.ClH/c1-11-5-17(11)19(28)25-15-4-2-3-13(8-15)18(27)26-16-7-12(10-24)6-14(9-16)20(21,22)23;/h2-4,6-9,11,17H,5,10,24H2,1H3,(H,25,28)(H,26,27);1H. The number of anilines is 2. The molecule has 0 radical (unpaired) electrons. The highest BCUT2D eigenvalue weighted by molar-refractivity contribution is 6.05. The third kappa shape index (κ3) is 5.71. The zero-order chi connectivity index (χ0) is 20.5. The van der Waals surface area contributed by atoms with Crippen molar-refractivity contribution in [1.82, 2.24) is 0 Å².